The van der Waals surface area contributed by atoms with Crippen LogP contribution in [0, 0.1) is 12.3 Å². The van der Waals surface area contributed by atoms with Gasteiger partial charge >= 0.3 is 0 Å². The highest BCUT2D eigenvalue weighted by atomic mass is 19.1. The molecule has 0 aromatic carbocycles. The van der Waals surface area contributed by atoms with Crippen molar-refractivity contribution in [2.45, 2.75) is 18.1 Å². The molecule has 0 saturated carbocycles. The number of aliphatic hydroxyl groups is 1. The second-order valence-corrected chi connectivity index (χ2v) is 5.65. The molecule has 1 aliphatic rings. The summed E-state index contributed by atoms with van der Waals surface area (Å²) in [5, 5.41) is 10.0. The second-order valence-electron chi connectivity index (χ2n) is 5.65. The predicted octanol–water partition coefficient (Wildman–Crippen LogP) is 1.82. The molecule has 1 aliphatic carbocycles. The van der Waals surface area contributed by atoms with Crippen LogP contribution in [0.5, 0.6) is 0 Å². The zero-order valence-electron chi connectivity index (χ0n) is 12.8. The molecule has 0 saturated heterocycles. The van der Waals surface area contributed by atoms with Gasteiger partial charge in [-0.05, 0) is 12.1 Å². The van der Waals surface area contributed by atoms with Crippen molar-refractivity contribution in [2.75, 3.05) is 14.1 Å². The second kappa shape index (κ2) is 5.48. The molecule has 3 rings (SSSR count). The van der Waals surface area contributed by atoms with E-state index in [1.54, 1.807) is 29.5 Å². The summed E-state index contributed by atoms with van der Waals surface area (Å²) < 4.78 is 15.6. The van der Waals surface area contributed by atoms with E-state index in [2.05, 4.69) is 20.9 Å². The number of fused-ring (bicyclic) bond motifs is 1. The molecule has 6 nitrogen and oxygen atoms in total. The molecule has 2 aromatic rings. The fraction of sp³-hybridized carbons (Fsp3) is 0.312. The van der Waals surface area contributed by atoms with Crippen molar-refractivity contribution >= 4 is 23.2 Å². The highest BCUT2D eigenvalue weighted by Crippen LogP contribution is 2.39. The van der Waals surface area contributed by atoms with Gasteiger partial charge in [-0.1, -0.05) is 5.92 Å². The SMILES string of the molecule is C#C[C@]1(O)C[C@@H](n2cnc3c(N=CN(C)C)ccnc32)C=C1F. The summed E-state index contributed by atoms with van der Waals surface area (Å²) in [4.78, 5) is 14.8. The fourth-order valence-electron chi connectivity index (χ4n) is 2.52. The molecule has 0 spiro atoms. The Morgan fingerprint density at radius 3 is 3.00 bits per heavy atom. The van der Waals surface area contributed by atoms with Crippen LogP contribution in [0.4, 0.5) is 10.1 Å². The monoisotopic (exact) mass is 313 g/mol. The van der Waals surface area contributed by atoms with Crippen LogP contribution in [0.25, 0.3) is 11.2 Å². The Morgan fingerprint density at radius 1 is 1.57 bits per heavy atom. The molecule has 2 aromatic heterocycles. The van der Waals surface area contributed by atoms with E-state index in [4.69, 9.17) is 6.42 Å². The number of imidazole rings is 1. The fourth-order valence-corrected chi connectivity index (χ4v) is 2.52. The Kier molecular flexibility index (Phi) is 3.62. The molecular weight excluding hydrogens is 297 g/mol. The third-order valence-corrected chi connectivity index (χ3v) is 3.70. The Labute approximate surface area is 133 Å². The number of aliphatic imine (C=N–C) groups is 1. The molecule has 1 N–H and O–H groups in total. The lowest BCUT2D eigenvalue weighted by atomic mass is 10.0. The molecule has 2 atom stereocenters. The molecular formula is C16H16FN5O. The summed E-state index contributed by atoms with van der Waals surface area (Å²) in [6.07, 6.45) is 11.4. The maximum atomic E-state index is 13.9. The molecule has 7 heteroatoms. The molecule has 0 aliphatic heterocycles. The number of terminal acetylenes is 1. The standard InChI is InChI=1S/C16H16FN5O/c1-4-16(23)8-11(7-13(16)17)22-10-20-14-12(19-9-21(2)3)5-6-18-15(14)22/h1,5-7,9-11,23H,8H2,2-3H3/t11-,16-/m0/s1. The first-order valence-electron chi connectivity index (χ1n) is 7.05. The zero-order valence-corrected chi connectivity index (χ0v) is 12.8. The van der Waals surface area contributed by atoms with Crippen molar-refractivity contribution < 1.29 is 9.50 Å². The van der Waals surface area contributed by atoms with E-state index < -0.39 is 17.5 Å². The summed E-state index contributed by atoms with van der Waals surface area (Å²) in [7, 11) is 3.74. The van der Waals surface area contributed by atoms with Crippen LogP contribution < -0.4 is 0 Å². The number of halogens is 1. The van der Waals surface area contributed by atoms with Crippen molar-refractivity contribution in [3.8, 4) is 12.3 Å². The van der Waals surface area contributed by atoms with E-state index in [0.29, 0.717) is 16.9 Å². The van der Waals surface area contributed by atoms with Gasteiger partial charge in [-0.15, -0.1) is 6.42 Å². The number of pyridine rings is 1. The van der Waals surface area contributed by atoms with Crippen molar-refractivity contribution in [3.05, 3.63) is 30.5 Å². The van der Waals surface area contributed by atoms with Crippen LogP contribution in [0.3, 0.4) is 0 Å². The number of rotatable bonds is 3. The molecule has 118 valence electrons. The molecule has 0 amide bonds. The van der Waals surface area contributed by atoms with Gasteiger partial charge in [0.05, 0.1) is 24.4 Å². The van der Waals surface area contributed by atoms with Crippen LogP contribution >= 0.6 is 0 Å². The van der Waals surface area contributed by atoms with Gasteiger partial charge in [0, 0.05) is 26.7 Å². The summed E-state index contributed by atoms with van der Waals surface area (Å²) in [5.41, 5.74) is -0.0246. The zero-order chi connectivity index (χ0) is 16.6. The molecule has 0 unspecified atom stereocenters. The lowest BCUT2D eigenvalue weighted by Crippen LogP contribution is -2.25. The predicted molar refractivity (Wildman–Crippen MR) is 86.0 cm³/mol. The van der Waals surface area contributed by atoms with Crippen LogP contribution in [-0.4, -0.2) is 50.6 Å². The minimum Gasteiger partial charge on any atom is -0.371 e. The maximum Gasteiger partial charge on any atom is 0.178 e. The lowest BCUT2D eigenvalue weighted by Gasteiger charge is -2.17. The first-order chi connectivity index (χ1) is 10.9. The van der Waals surface area contributed by atoms with Crippen LogP contribution in [0.2, 0.25) is 0 Å². The number of allylic oxidation sites excluding steroid dienone is 1. The Balaban J connectivity index is 2.02. The van der Waals surface area contributed by atoms with E-state index >= 15 is 0 Å². The molecule has 0 bridgehead atoms. The van der Waals surface area contributed by atoms with Gasteiger partial charge in [-0.3, -0.25) is 0 Å². The van der Waals surface area contributed by atoms with Gasteiger partial charge < -0.3 is 14.6 Å². The lowest BCUT2D eigenvalue weighted by molar-refractivity contribution is 0.110. The van der Waals surface area contributed by atoms with Crippen LogP contribution in [0.15, 0.2) is 35.5 Å². The first-order valence-corrected chi connectivity index (χ1v) is 7.05. The molecule has 23 heavy (non-hydrogen) atoms. The minimum atomic E-state index is -1.86. The maximum absolute atomic E-state index is 13.9. The largest absolute Gasteiger partial charge is 0.371 e. The molecule has 0 radical (unpaired) electrons. The Morgan fingerprint density at radius 2 is 2.35 bits per heavy atom. The highest BCUT2D eigenvalue weighted by molar-refractivity contribution is 5.85. The van der Waals surface area contributed by atoms with Crippen molar-refractivity contribution in [1.82, 2.24) is 19.4 Å². The minimum absolute atomic E-state index is 0.0493. The van der Waals surface area contributed by atoms with Gasteiger partial charge in [0.1, 0.15) is 11.3 Å². The van der Waals surface area contributed by atoms with Crippen molar-refractivity contribution in [1.29, 1.82) is 0 Å². The van der Waals surface area contributed by atoms with E-state index in [1.807, 2.05) is 19.0 Å². The van der Waals surface area contributed by atoms with Crippen molar-refractivity contribution in [3.63, 3.8) is 0 Å². The van der Waals surface area contributed by atoms with Gasteiger partial charge in [-0.25, -0.2) is 19.4 Å². The quantitative estimate of drug-likeness (QED) is 0.533. The number of nitrogens with zero attached hydrogens (tertiary/aromatic N) is 5. The van der Waals surface area contributed by atoms with Gasteiger partial charge in [0.2, 0.25) is 0 Å². The summed E-state index contributed by atoms with van der Waals surface area (Å²) in [6, 6.07) is 1.31. The van der Waals surface area contributed by atoms with Gasteiger partial charge in [-0.2, -0.15) is 0 Å². The smallest absolute Gasteiger partial charge is 0.178 e. The van der Waals surface area contributed by atoms with E-state index in [9.17, 15) is 9.50 Å². The Bertz CT molecular complexity index is 848. The highest BCUT2D eigenvalue weighted by Gasteiger charge is 2.40. The number of aromatic nitrogens is 3. The average molecular weight is 313 g/mol. The van der Waals surface area contributed by atoms with Crippen molar-refractivity contribution in [2.24, 2.45) is 4.99 Å². The number of hydrogen-bond donors (Lipinski definition) is 1. The molecule has 0 fully saturated rings. The van der Waals surface area contributed by atoms with Gasteiger partial charge in [0.15, 0.2) is 11.2 Å². The average Bonchev–Trinajstić information content (AvgIpc) is 3.07. The normalized spacial score (nSPS) is 24.1. The Hall–Kier alpha value is -2.72. The first kappa shape index (κ1) is 15.2. The third-order valence-electron chi connectivity index (χ3n) is 3.70. The van der Waals surface area contributed by atoms with Gasteiger partial charge in [0.25, 0.3) is 0 Å². The van der Waals surface area contributed by atoms with Crippen LogP contribution in [-0.2, 0) is 0 Å². The molecule has 2 heterocycles. The van der Waals surface area contributed by atoms with E-state index in [1.165, 1.54) is 6.08 Å². The summed E-state index contributed by atoms with van der Waals surface area (Å²) in [6.45, 7) is 0. The number of hydrogen-bond acceptors (Lipinski definition) is 4. The topological polar surface area (TPSA) is 66.5 Å². The summed E-state index contributed by atoms with van der Waals surface area (Å²) in [5.74, 6) is 1.39. The van der Waals surface area contributed by atoms with E-state index in [0.717, 1.165) is 0 Å². The van der Waals surface area contributed by atoms with E-state index in [-0.39, 0.29) is 6.42 Å². The summed E-state index contributed by atoms with van der Waals surface area (Å²) >= 11 is 0. The van der Waals surface area contributed by atoms with Crippen LogP contribution in [0.1, 0.15) is 12.5 Å². The third kappa shape index (κ3) is 2.58.